The highest BCUT2D eigenvalue weighted by molar-refractivity contribution is 7.92. The van der Waals surface area contributed by atoms with E-state index in [1.807, 2.05) is 30.3 Å². The summed E-state index contributed by atoms with van der Waals surface area (Å²) >= 11 is 6.18. The lowest BCUT2D eigenvalue weighted by atomic mass is 10.0. The smallest absolute Gasteiger partial charge is 0.244 e. The molecule has 0 saturated heterocycles. The largest absolute Gasteiger partial charge is 0.495 e. The van der Waals surface area contributed by atoms with Crippen molar-refractivity contribution in [3.05, 3.63) is 95.0 Å². The van der Waals surface area contributed by atoms with Crippen molar-refractivity contribution in [2.75, 3.05) is 31.3 Å². The van der Waals surface area contributed by atoms with E-state index in [9.17, 15) is 18.0 Å². The minimum Gasteiger partial charge on any atom is -0.495 e. The fourth-order valence-electron chi connectivity index (χ4n) is 3.98. The van der Waals surface area contributed by atoms with E-state index >= 15 is 0 Å². The van der Waals surface area contributed by atoms with Crippen LogP contribution in [0.5, 0.6) is 5.75 Å². The topological polar surface area (TPSA) is 96.0 Å². The average Bonchev–Trinajstić information content (AvgIpc) is 2.88. The number of anilines is 1. The van der Waals surface area contributed by atoms with Crippen LogP contribution >= 0.6 is 11.6 Å². The number of ether oxygens (including phenoxy) is 1. The summed E-state index contributed by atoms with van der Waals surface area (Å²) in [6, 6.07) is 21.9. The maximum absolute atomic E-state index is 13.9. The van der Waals surface area contributed by atoms with Gasteiger partial charge in [-0.2, -0.15) is 0 Å². The SMILES string of the molecule is CNC(=O)[C@@H](Cc1ccccc1)N(Cc1cccc(Cl)c1)C(=O)CN(c1ccccc1OC)S(C)(=O)=O. The third kappa shape index (κ3) is 7.47. The number of para-hydroxylation sites is 2. The second kappa shape index (κ2) is 12.6. The third-order valence-corrected chi connectivity index (χ3v) is 7.15. The Kier molecular flexibility index (Phi) is 9.54. The second-order valence-corrected chi connectivity index (χ2v) is 10.8. The zero-order chi connectivity index (χ0) is 27.0. The molecule has 3 aromatic carbocycles. The van der Waals surface area contributed by atoms with E-state index in [1.54, 1.807) is 48.5 Å². The van der Waals surface area contributed by atoms with E-state index in [-0.39, 0.29) is 24.6 Å². The molecule has 8 nitrogen and oxygen atoms in total. The number of sulfonamides is 1. The van der Waals surface area contributed by atoms with Gasteiger partial charge in [-0.25, -0.2) is 8.42 Å². The van der Waals surface area contributed by atoms with Crippen molar-refractivity contribution in [3.63, 3.8) is 0 Å². The number of carbonyl (C=O) groups excluding carboxylic acids is 2. The van der Waals surface area contributed by atoms with Crippen molar-refractivity contribution in [3.8, 4) is 5.75 Å². The van der Waals surface area contributed by atoms with Gasteiger partial charge in [-0.15, -0.1) is 0 Å². The van der Waals surface area contributed by atoms with Crippen LogP contribution in [0.15, 0.2) is 78.9 Å². The van der Waals surface area contributed by atoms with Crippen LogP contribution in [0.4, 0.5) is 5.69 Å². The van der Waals surface area contributed by atoms with Gasteiger partial charge in [-0.3, -0.25) is 13.9 Å². The molecule has 3 aromatic rings. The molecule has 1 N–H and O–H groups in total. The maximum Gasteiger partial charge on any atom is 0.244 e. The molecular formula is C27H30ClN3O5S. The number of methoxy groups -OCH3 is 1. The fourth-order valence-corrected chi connectivity index (χ4v) is 5.05. The fraction of sp³-hybridized carbons (Fsp3) is 0.259. The van der Waals surface area contributed by atoms with Crippen molar-refractivity contribution in [1.82, 2.24) is 10.2 Å². The highest BCUT2D eigenvalue weighted by Crippen LogP contribution is 2.30. The quantitative estimate of drug-likeness (QED) is 0.399. The summed E-state index contributed by atoms with van der Waals surface area (Å²) in [7, 11) is -0.960. The Hall–Kier alpha value is -3.56. The van der Waals surface area contributed by atoms with Gasteiger partial charge in [0.25, 0.3) is 0 Å². The molecule has 0 aliphatic carbocycles. The van der Waals surface area contributed by atoms with Gasteiger partial charge in [0.15, 0.2) is 0 Å². The van der Waals surface area contributed by atoms with Gasteiger partial charge in [0.2, 0.25) is 21.8 Å². The lowest BCUT2D eigenvalue weighted by Gasteiger charge is -2.33. The Balaban J connectivity index is 2.05. The summed E-state index contributed by atoms with van der Waals surface area (Å²) in [5.41, 5.74) is 1.78. The van der Waals surface area contributed by atoms with Crippen molar-refractivity contribution < 1.29 is 22.7 Å². The van der Waals surface area contributed by atoms with Crippen LogP contribution in [0.1, 0.15) is 11.1 Å². The molecule has 0 radical (unpaired) electrons. The summed E-state index contributed by atoms with van der Waals surface area (Å²) < 4.78 is 32.0. The van der Waals surface area contributed by atoms with Crippen LogP contribution < -0.4 is 14.4 Å². The minimum absolute atomic E-state index is 0.0494. The van der Waals surface area contributed by atoms with Gasteiger partial charge in [0.1, 0.15) is 18.3 Å². The molecule has 0 aliphatic heterocycles. The van der Waals surface area contributed by atoms with Crippen LogP contribution in [-0.4, -0.2) is 58.1 Å². The molecule has 0 spiro atoms. The van der Waals surface area contributed by atoms with Crippen LogP contribution in [0.25, 0.3) is 0 Å². The van der Waals surface area contributed by atoms with Gasteiger partial charge in [0.05, 0.1) is 19.1 Å². The molecule has 0 aliphatic rings. The number of halogens is 1. The number of rotatable bonds is 11. The zero-order valence-corrected chi connectivity index (χ0v) is 22.5. The molecule has 2 amide bonds. The molecule has 0 heterocycles. The monoisotopic (exact) mass is 543 g/mol. The van der Waals surface area contributed by atoms with E-state index in [0.29, 0.717) is 16.3 Å². The summed E-state index contributed by atoms with van der Waals surface area (Å²) in [6.45, 7) is -0.476. The highest BCUT2D eigenvalue weighted by atomic mass is 35.5. The maximum atomic E-state index is 13.9. The summed E-state index contributed by atoms with van der Waals surface area (Å²) in [4.78, 5) is 28.4. The van der Waals surface area contributed by atoms with Gasteiger partial charge in [-0.1, -0.05) is 66.2 Å². The Morgan fingerprint density at radius 1 is 0.973 bits per heavy atom. The molecule has 196 valence electrons. The summed E-state index contributed by atoms with van der Waals surface area (Å²) in [5, 5.41) is 3.12. The molecule has 37 heavy (non-hydrogen) atoms. The molecule has 0 bridgehead atoms. The van der Waals surface area contributed by atoms with Crippen LogP contribution in [0.3, 0.4) is 0 Å². The normalized spacial score (nSPS) is 11.9. The number of hydrogen-bond acceptors (Lipinski definition) is 5. The number of benzene rings is 3. The number of hydrogen-bond donors (Lipinski definition) is 1. The van der Waals surface area contributed by atoms with Crippen molar-refractivity contribution in [1.29, 1.82) is 0 Å². The highest BCUT2D eigenvalue weighted by Gasteiger charge is 2.33. The summed E-state index contributed by atoms with van der Waals surface area (Å²) in [5.74, 6) is -0.627. The van der Waals surface area contributed by atoms with Crippen LogP contribution in [-0.2, 0) is 32.6 Å². The van der Waals surface area contributed by atoms with Crippen molar-refractivity contribution in [2.45, 2.75) is 19.0 Å². The number of likely N-dealkylation sites (N-methyl/N-ethyl adjacent to an activating group) is 1. The third-order valence-electron chi connectivity index (χ3n) is 5.79. The first-order chi connectivity index (χ1) is 17.6. The van der Waals surface area contributed by atoms with Gasteiger partial charge in [-0.05, 0) is 35.4 Å². The standard InChI is InChI=1S/C27H30ClN3O5S/c1-29-27(33)24(17-20-10-5-4-6-11-20)30(18-21-12-9-13-22(28)16-21)26(32)19-31(37(3,34)35)23-14-7-8-15-25(23)36-2/h4-16,24H,17-19H2,1-3H3,(H,29,33)/t24-/m1/s1. The Bertz CT molecular complexity index is 1330. The molecule has 1 atom stereocenters. The van der Waals surface area contributed by atoms with E-state index in [4.69, 9.17) is 16.3 Å². The predicted molar refractivity (Wildman–Crippen MR) is 145 cm³/mol. The number of amides is 2. The molecular weight excluding hydrogens is 514 g/mol. The number of nitrogens with zero attached hydrogens (tertiary/aromatic N) is 2. The van der Waals surface area contributed by atoms with Gasteiger partial charge in [0, 0.05) is 25.0 Å². The van der Waals surface area contributed by atoms with E-state index in [1.165, 1.54) is 19.1 Å². The minimum atomic E-state index is -3.88. The Morgan fingerprint density at radius 3 is 2.24 bits per heavy atom. The molecule has 10 heteroatoms. The van der Waals surface area contributed by atoms with Crippen LogP contribution in [0, 0.1) is 0 Å². The summed E-state index contributed by atoms with van der Waals surface area (Å²) in [6.07, 6.45) is 1.26. The molecule has 0 saturated carbocycles. The average molecular weight is 544 g/mol. The van der Waals surface area contributed by atoms with Crippen molar-refractivity contribution >= 4 is 39.1 Å². The van der Waals surface area contributed by atoms with Gasteiger partial charge >= 0.3 is 0 Å². The molecule has 0 aromatic heterocycles. The number of nitrogens with one attached hydrogen (secondary N) is 1. The first-order valence-electron chi connectivity index (χ1n) is 11.5. The lowest BCUT2D eigenvalue weighted by Crippen LogP contribution is -2.52. The zero-order valence-electron chi connectivity index (χ0n) is 20.9. The van der Waals surface area contributed by atoms with E-state index in [2.05, 4.69) is 5.32 Å². The molecule has 3 rings (SSSR count). The van der Waals surface area contributed by atoms with Crippen LogP contribution in [0.2, 0.25) is 5.02 Å². The molecule has 0 unspecified atom stereocenters. The van der Waals surface area contributed by atoms with Crippen molar-refractivity contribution in [2.24, 2.45) is 0 Å². The number of carbonyl (C=O) groups is 2. The van der Waals surface area contributed by atoms with Gasteiger partial charge < -0.3 is 15.0 Å². The first-order valence-corrected chi connectivity index (χ1v) is 13.8. The Labute approximate surface area is 222 Å². The second-order valence-electron chi connectivity index (χ2n) is 8.41. The first kappa shape index (κ1) is 28.0. The molecule has 0 fully saturated rings. The van der Waals surface area contributed by atoms with E-state index < -0.39 is 28.5 Å². The van der Waals surface area contributed by atoms with E-state index in [0.717, 1.165) is 16.1 Å². The Morgan fingerprint density at radius 2 is 1.62 bits per heavy atom. The predicted octanol–water partition coefficient (Wildman–Crippen LogP) is 3.50. The lowest BCUT2D eigenvalue weighted by molar-refractivity contribution is -0.139.